The fraction of sp³-hybridized carbons (Fsp3) is 0.435. The van der Waals surface area contributed by atoms with Crippen molar-refractivity contribution in [2.45, 2.75) is 33.3 Å². The number of carbonyl (C=O) groups excluding carboxylic acids is 1. The van der Waals surface area contributed by atoms with Gasteiger partial charge in [0.25, 0.3) is 5.91 Å². The van der Waals surface area contributed by atoms with Crippen molar-refractivity contribution in [3.8, 4) is 17.2 Å². The molecule has 1 amide bonds. The van der Waals surface area contributed by atoms with Gasteiger partial charge in [0.2, 0.25) is 0 Å². The maximum Gasteiger partial charge on any atom is 0.251 e. The van der Waals surface area contributed by atoms with E-state index in [0.717, 1.165) is 12.2 Å². The summed E-state index contributed by atoms with van der Waals surface area (Å²) in [6.07, 6.45) is 0.968. The van der Waals surface area contributed by atoms with Gasteiger partial charge in [-0.3, -0.25) is 4.79 Å². The van der Waals surface area contributed by atoms with Crippen LogP contribution in [0.25, 0.3) is 0 Å². The molecule has 0 bridgehead atoms. The highest BCUT2D eigenvalue weighted by Gasteiger charge is 2.11. The summed E-state index contributed by atoms with van der Waals surface area (Å²) in [7, 11) is 0. The SMILES string of the molecule is CCOc1cc(C(=O)NCCCOC(C)C)ccc1OCCOc1ccccc1. The lowest BCUT2D eigenvalue weighted by molar-refractivity contribution is 0.0757. The molecule has 0 saturated carbocycles. The second-order valence-corrected chi connectivity index (χ2v) is 6.63. The van der Waals surface area contributed by atoms with E-state index in [1.807, 2.05) is 51.1 Å². The third-order valence-corrected chi connectivity index (χ3v) is 3.92. The van der Waals surface area contributed by atoms with Crippen molar-refractivity contribution in [2.24, 2.45) is 0 Å². The van der Waals surface area contributed by atoms with Gasteiger partial charge < -0.3 is 24.3 Å². The second kappa shape index (κ2) is 12.7. The van der Waals surface area contributed by atoms with E-state index in [0.29, 0.717) is 50.0 Å². The molecule has 0 spiro atoms. The predicted molar refractivity (Wildman–Crippen MR) is 113 cm³/mol. The van der Waals surface area contributed by atoms with E-state index in [1.54, 1.807) is 18.2 Å². The Balaban J connectivity index is 1.84. The number of nitrogens with one attached hydrogen (secondary N) is 1. The summed E-state index contributed by atoms with van der Waals surface area (Å²) in [6.45, 7) is 8.33. The molecule has 6 nitrogen and oxygen atoms in total. The molecular formula is C23H31NO5. The first kappa shape index (κ1) is 22.6. The summed E-state index contributed by atoms with van der Waals surface area (Å²) >= 11 is 0. The molecule has 0 fully saturated rings. The normalized spacial score (nSPS) is 10.6. The third kappa shape index (κ3) is 8.44. The monoisotopic (exact) mass is 401 g/mol. The molecule has 0 heterocycles. The number of amides is 1. The Labute approximate surface area is 173 Å². The fourth-order valence-electron chi connectivity index (χ4n) is 2.56. The molecule has 0 radical (unpaired) electrons. The molecular weight excluding hydrogens is 370 g/mol. The molecule has 2 aromatic rings. The van der Waals surface area contributed by atoms with Crippen LogP contribution in [0.3, 0.4) is 0 Å². The molecule has 29 heavy (non-hydrogen) atoms. The number of carbonyl (C=O) groups is 1. The van der Waals surface area contributed by atoms with Crippen LogP contribution in [0.2, 0.25) is 0 Å². The van der Waals surface area contributed by atoms with Crippen molar-refractivity contribution in [1.29, 1.82) is 0 Å². The molecule has 0 unspecified atom stereocenters. The molecule has 0 saturated heterocycles. The van der Waals surface area contributed by atoms with E-state index in [9.17, 15) is 4.79 Å². The van der Waals surface area contributed by atoms with E-state index in [2.05, 4.69) is 5.32 Å². The maximum absolute atomic E-state index is 12.4. The van der Waals surface area contributed by atoms with Gasteiger partial charge in [0.1, 0.15) is 19.0 Å². The first-order valence-electron chi connectivity index (χ1n) is 10.1. The highest BCUT2D eigenvalue weighted by atomic mass is 16.5. The number of benzene rings is 2. The molecule has 6 heteroatoms. The van der Waals surface area contributed by atoms with Crippen LogP contribution in [-0.2, 0) is 4.74 Å². The van der Waals surface area contributed by atoms with Gasteiger partial charge >= 0.3 is 0 Å². The van der Waals surface area contributed by atoms with Crippen LogP contribution in [0.5, 0.6) is 17.2 Å². The van der Waals surface area contributed by atoms with Crippen LogP contribution in [-0.4, -0.2) is 45.0 Å². The number of para-hydroxylation sites is 1. The zero-order valence-corrected chi connectivity index (χ0v) is 17.5. The zero-order chi connectivity index (χ0) is 20.9. The second-order valence-electron chi connectivity index (χ2n) is 6.63. The summed E-state index contributed by atoms with van der Waals surface area (Å²) < 4.78 is 22.5. The van der Waals surface area contributed by atoms with Crippen molar-refractivity contribution in [3.63, 3.8) is 0 Å². The van der Waals surface area contributed by atoms with Gasteiger partial charge in [0.15, 0.2) is 11.5 Å². The van der Waals surface area contributed by atoms with Crippen LogP contribution >= 0.6 is 0 Å². The topological polar surface area (TPSA) is 66.0 Å². The first-order valence-corrected chi connectivity index (χ1v) is 10.1. The fourth-order valence-corrected chi connectivity index (χ4v) is 2.56. The van der Waals surface area contributed by atoms with Gasteiger partial charge in [-0.15, -0.1) is 0 Å². The van der Waals surface area contributed by atoms with E-state index >= 15 is 0 Å². The maximum atomic E-state index is 12.4. The van der Waals surface area contributed by atoms with Crippen LogP contribution in [0.15, 0.2) is 48.5 Å². The van der Waals surface area contributed by atoms with Gasteiger partial charge in [-0.1, -0.05) is 18.2 Å². The summed E-state index contributed by atoms with van der Waals surface area (Å²) in [5.41, 5.74) is 0.533. The molecule has 0 aliphatic rings. The lowest BCUT2D eigenvalue weighted by atomic mass is 10.2. The van der Waals surface area contributed by atoms with Gasteiger partial charge in [-0.25, -0.2) is 0 Å². The summed E-state index contributed by atoms with van der Waals surface area (Å²) in [5.74, 6) is 1.79. The Kier molecular flexibility index (Phi) is 9.86. The Hall–Kier alpha value is -2.73. The zero-order valence-electron chi connectivity index (χ0n) is 17.5. The Bertz CT molecular complexity index is 733. The molecule has 0 atom stereocenters. The number of rotatable bonds is 13. The molecule has 0 aliphatic heterocycles. The average Bonchev–Trinajstić information content (AvgIpc) is 2.72. The number of hydrogen-bond acceptors (Lipinski definition) is 5. The lowest BCUT2D eigenvalue weighted by Gasteiger charge is -2.14. The van der Waals surface area contributed by atoms with Gasteiger partial charge in [0, 0.05) is 18.7 Å². The van der Waals surface area contributed by atoms with E-state index in [1.165, 1.54) is 0 Å². The minimum Gasteiger partial charge on any atom is -0.490 e. The van der Waals surface area contributed by atoms with Crippen LogP contribution in [0.4, 0.5) is 0 Å². The van der Waals surface area contributed by atoms with Crippen molar-refractivity contribution in [1.82, 2.24) is 5.32 Å². The van der Waals surface area contributed by atoms with Crippen molar-refractivity contribution in [3.05, 3.63) is 54.1 Å². The average molecular weight is 402 g/mol. The number of ether oxygens (including phenoxy) is 4. The smallest absolute Gasteiger partial charge is 0.251 e. The van der Waals surface area contributed by atoms with Crippen molar-refractivity contribution in [2.75, 3.05) is 33.0 Å². The number of hydrogen-bond donors (Lipinski definition) is 1. The standard InChI is InChI=1S/C23H31NO5/c1-4-26-22-17-19(23(25)24-13-8-14-27-18(2)3)11-12-21(22)29-16-15-28-20-9-6-5-7-10-20/h5-7,9-12,17-18H,4,8,13-16H2,1-3H3,(H,24,25). The predicted octanol–water partition coefficient (Wildman–Crippen LogP) is 4.09. The largest absolute Gasteiger partial charge is 0.490 e. The van der Waals surface area contributed by atoms with Crippen molar-refractivity contribution >= 4 is 5.91 Å². The van der Waals surface area contributed by atoms with Crippen LogP contribution in [0, 0.1) is 0 Å². The Morgan fingerprint density at radius 3 is 2.41 bits per heavy atom. The molecule has 0 aromatic heterocycles. The molecule has 0 aliphatic carbocycles. The van der Waals surface area contributed by atoms with Crippen molar-refractivity contribution < 1.29 is 23.7 Å². The first-order chi connectivity index (χ1) is 14.1. The Morgan fingerprint density at radius 2 is 1.69 bits per heavy atom. The van der Waals surface area contributed by atoms with Gasteiger partial charge in [-0.05, 0) is 57.5 Å². The minimum absolute atomic E-state index is 0.144. The highest BCUT2D eigenvalue weighted by Crippen LogP contribution is 2.28. The molecule has 2 rings (SSSR count). The van der Waals surface area contributed by atoms with Crippen LogP contribution in [0.1, 0.15) is 37.6 Å². The Morgan fingerprint density at radius 1 is 0.931 bits per heavy atom. The molecule has 158 valence electrons. The lowest BCUT2D eigenvalue weighted by Crippen LogP contribution is -2.25. The van der Waals surface area contributed by atoms with E-state index < -0.39 is 0 Å². The van der Waals surface area contributed by atoms with Gasteiger partial charge in [0.05, 0.1) is 12.7 Å². The van der Waals surface area contributed by atoms with E-state index in [-0.39, 0.29) is 12.0 Å². The van der Waals surface area contributed by atoms with Gasteiger partial charge in [-0.2, -0.15) is 0 Å². The quantitative estimate of drug-likeness (QED) is 0.512. The summed E-state index contributed by atoms with van der Waals surface area (Å²) in [4.78, 5) is 12.4. The minimum atomic E-state index is -0.144. The molecule has 1 N–H and O–H groups in total. The third-order valence-electron chi connectivity index (χ3n) is 3.92. The summed E-state index contributed by atoms with van der Waals surface area (Å²) in [5, 5.41) is 2.90. The molecule has 2 aromatic carbocycles. The van der Waals surface area contributed by atoms with Crippen LogP contribution < -0.4 is 19.5 Å². The highest BCUT2D eigenvalue weighted by molar-refractivity contribution is 5.94. The van der Waals surface area contributed by atoms with E-state index in [4.69, 9.17) is 18.9 Å². The summed E-state index contributed by atoms with van der Waals surface area (Å²) in [6, 6.07) is 14.8.